The molecule has 0 bridgehead atoms. The minimum absolute atomic E-state index is 0.187. The fourth-order valence-electron chi connectivity index (χ4n) is 5.04. The van der Waals surface area contributed by atoms with Crippen molar-refractivity contribution < 1.29 is 52.7 Å². The van der Waals surface area contributed by atoms with Crippen molar-refractivity contribution in [2.45, 2.75) is 24.7 Å². The highest BCUT2D eigenvalue weighted by atomic mass is 19.4. The molecule has 0 saturated heterocycles. The zero-order valence-electron chi connectivity index (χ0n) is 19.8. The van der Waals surface area contributed by atoms with Crippen LogP contribution in [0, 0.1) is 18.0 Å². The Hall–Kier alpha value is -4.86. The van der Waals surface area contributed by atoms with Crippen LogP contribution in [0.2, 0.25) is 0 Å². The summed E-state index contributed by atoms with van der Waals surface area (Å²) in [5.41, 5.74) is -7.12. The Morgan fingerprint density at radius 2 is 0.952 bits per heavy atom. The zero-order valence-corrected chi connectivity index (χ0v) is 19.8. The van der Waals surface area contributed by atoms with E-state index < -0.39 is 101 Å². The molecule has 0 aliphatic rings. The van der Waals surface area contributed by atoms with Gasteiger partial charge in [-0.1, -0.05) is 0 Å². The van der Waals surface area contributed by atoms with Crippen LogP contribution in [0.15, 0.2) is 46.5 Å². The van der Waals surface area contributed by atoms with Crippen LogP contribution in [0.1, 0.15) is 22.3 Å². The van der Waals surface area contributed by atoms with E-state index in [2.05, 4.69) is 15.0 Å². The number of fused-ring (bicyclic) bond motifs is 6. The van der Waals surface area contributed by atoms with E-state index in [1.165, 1.54) is 6.19 Å². The Bertz CT molecular complexity index is 2000. The molecule has 0 atom stereocenters. The summed E-state index contributed by atoms with van der Waals surface area (Å²) in [6, 6.07) is 1.78. The van der Waals surface area contributed by atoms with Crippen molar-refractivity contribution in [1.82, 2.24) is 0 Å². The van der Waals surface area contributed by atoms with Crippen molar-refractivity contribution in [2.75, 3.05) is 0 Å². The number of alkyl halides is 12. The molecule has 0 aromatic heterocycles. The molecule has 0 fully saturated rings. The fraction of sp³-hybridized carbons (Fsp3) is 0.154. The summed E-state index contributed by atoms with van der Waals surface area (Å²) in [6.07, 6.45) is -20.1. The fourth-order valence-corrected chi connectivity index (χ4v) is 5.04. The third-order valence-corrected chi connectivity index (χ3v) is 6.57. The molecule has 214 valence electrons. The Morgan fingerprint density at radius 3 is 1.31 bits per heavy atom. The zero-order chi connectivity index (χ0) is 31.2. The van der Waals surface area contributed by atoms with Crippen LogP contribution in [0.4, 0.5) is 52.7 Å². The molecule has 0 heterocycles. The van der Waals surface area contributed by atoms with Crippen molar-refractivity contribution in [1.29, 1.82) is 5.26 Å². The largest absolute Gasteiger partial charge is 0.417 e. The van der Waals surface area contributed by atoms with Crippen LogP contribution in [-0.2, 0) is 24.7 Å². The van der Waals surface area contributed by atoms with Crippen molar-refractivity contribution in [3.05, 3.63) is 80.9 Å². The van der Waals surface area contributed by atoms with Crippen LogP contribution in [0.25, 0.3) is 48.0 Å². The molecule has 16 heteroatoms. The smallest absolute Gasteiger partial charge is 0.181 e. The molecule has 5 rings (SSSR count). The third-order valence-electron chi connectivity index (χ3n) is 6.57. The van der Waals surface area contributed by atoms with Gasteiger partial charge < -0.3 is 0 Å². The van der Waals surface area contributed by atoms with Gasteiger partial charge >= 0.3 is 24.7 Å². The first-order chi connectivity index (χ1) is 19.3. The van der Waals surface area contributed by atoms with Crippen LogP contribution >= 0.6 is 0 Å². The van der Waals surface area contributed by atoms with Gasteiger partial charge in [-0.25, -0.2) is 0 Å². The summed E-state index contributed by atoms with van der Waals surface area (Å²) in [4.78, 5) is 6.03. The molecule has 0 aliphatic carbocycles. The molecule has 42 heavy (non-hydrogen) atoms. The maximum Gasteiger partial charge on any atom is 0.417 e. The maximum atomic E-state index is 14.1. The van der Waals surface area contributed by atoms with Crippen molar-refractivity contribution >= 4 is 43.1 Å². The second-order valence-corrected chi connectivity index (χ2v) is 8.94. The normalized spacial score (nSPS) is 14.4. The summed E-state index contributed by atoms with van der Waals surface area (Å²) in [5.74, 6) is 0. The molecular formula is C26H6F12N4. The van der Waals surface area contributed by atoms with Crippen LogP contribution < -0.4 is 10.7 Å². The maximum absolute atomic E-state index is 14.1. The number of rotatable bonds is 0. The summed E-state index contributed by atoms with van der Waals surface area (Å²) in [7, 11) is 0. The summed E-state index contributed by atoms with van der Waals surface area (Å²) in [5, 5.41) is 5.60. The van der Waals surface area contributed by atoms with Gasteiger partial charge in [0.1, 0.15) is 0 Å². The number of nitrogens with zero attached hydrogens (tertiary/aromatic N) is 4. The van der Waals surface area contributed by atoms with Gasteiger partial charge in [0.25, 0.3) is 0 Å². The van der Waals surface area contributed by atoms with Crippen molar-refractivity contribution in [3.8, 4) is 6.19 Å². The second kappa shape index (κ2) is 8.82. The SMILES string of the molecule is [C-]#[N+]/N=c1/c2cc3c(cc2c2c(C(F)(F)F)cc(C(F)(F)F)cc12)c(=NC#N)c1cc(C(F)(F)F)cc(C(F)(F)F)c13. The Morgan fingerprint density at radius 1 is 0.548 bits per heavy atom. The van der Waals surface area contributed by atoms with Gasteiger partial charge in [-0.2, -0.15) is 69.5 Å². The molecule has 0 radical (unpaired) electrons. The minimum atomic E-state index is -5.41. The molecular weight excluding hydrogens is 596 g/mol. The van der Waals surface area contributed by atoms with Gasteiger partial charge in [0.15, 0.2) is 5.36 Å². The van der Waals surface area contributed by atoms with Crippen molar-refractivity contribution in [2.24, 2.45) is 10.1 Å². The van der Waals surface area contributed by atoms with Gasteiger partial charge in [0, 0.05) is 32.3 Å². The molecule has 0 aliphatic heterocycles. The number of halogens is 12. The average Bonchev–Trinajstić information content (AvgIpc) is 3.32. The lowest BCUT2D eigenvalue weighted by Gasteiger charge is -2.14. The topological polar surface area (TPSA) is 52.9 Å². The quantitative estimate of drug-likeness (QED) is 0.0761. The summed E-state index contributed by atoms with van der Waals surface area (Å²) in [6.45, 7) is 7.04. The van der Waals surface area contributed by atoms with Gasteiger partial charge in [-0.15, -0.1) is 4.95 Å². The van der Waals surface area contributed by atoms with E-state index in [1.54, 1.807) is 0 Å². The molecule has 0 unspecified atom stereocenters. The predicted octanol–water partition coefficient (Wildman–Crippen LogP) is 8.37. The highest BCUT2D eigenvalue weighted by Crippen LogP contribution is 2.46. The predicted molar refractivity (Wildman–Crippen MR) is 122 cm³/mol. The lowest BCUT2D eigenvalue weighted by molar-refractivity contribution is -0.143. The lowest BCUT2D eigenvalue weighted by Crippen LogP contribution is -2.12. The minimum Gasteiger partial charge on any atom is -0.181 e. The number of benzene rings is 3. The molecule has 5 aromatic rings. The first-order valence-electron chi connectivity index (χ1n) is 11.0. The van der Waals surface area contributed by atoms with E-state index in [4.69, 9.17) is 11.8 Å². The van der Waals surface area contributed by atoms with Crippen LogP contribution in [0.3, 0.4) is 0 Å². The first kappa shape index (κ1) is 28.7. The van der Waals surface area contributed by atoms with Gasteiger partial charge in [0.05, 0.1) is 32.7 Å². The van der Waals surface area contributed by atoms with E-state index in [1.807, 2.05) is 0 Å². The van der Waals surface area contributed by atoms with Crippen LogP contribution in [-0.4, -0.2) is 0 Å². The average molecular weight is 602 g/mol. The Balaban J connectivity index is 2.15. The first-order valence-corrected chi connectivity index (χ1v) is 11.0. The number of nitriles is 1. The summed E-state index contributed by atoms with van der Waals surface area (Å²) >= 11 is 0. The Kier molecular flexibility index (Phi) is 6.02. The van der Waals surface area contributed by atoms with E-state index in [0.29, 0.717) is 12.1 Å². The van der Waals surface area contributed by atoms with E-state index in [9.17, 15) is 52.7 Å². The standard InChI is InChI=1S/C26H6F12N4/c1-40-42-22-14-7-11-13(6-12(14)20-16(22)3-10(24(30,31)32)5-18(20)26(36,37)38)21(41-8-39)15-2-9(23(27,28)29)4-17(19(11)15)25(33,34)35/h2-7H/b41-21?,42-22-. The third kappa shape index (κ3) is 4.34. The number of hydrogen-bond donors (Lipinski definition) is 0. The van der Waals surface area contributed by atoms with Gasteiger partial charge in [-0.05, 0) is 47.2 Å². The lowest BCUT2D eigenvalue weighted by atomic mass is 10.00. The van der Waals surface area contributed by atoms with Crippen molar-refractivity contribution in [3.63, 3.8) is 0 Å². The number of hydrogen-bond acceptors (Lipinski definition) is 3. The van der Waals surface area contributed by atoms with E-state index >= 15 is 0 Å². The summed E-state index contributed by atoms with van der Waals surface area (Å²) < 4.78 is 166. The van der Waals surface area contributed by atoms with E-state index in [-0.39, 0.29) is 12.1 Å². The van der Waals surface area contributed by atoms with Crippen LogP contribution in [0.5, 0.6) is 0 Å². The molecule has 0 N–H and O–H groups in total. The molecule has 5 aromatic carbocycles. The van der Waals surface area contributed by atoms with Gasteiger partial charge in [-0.3, -0.25) is 0 Å². The molecule has 4 nitrogen and oxygen atoms in total. The highest BCUT2D eigenvalue weighted by Gasteiger charge is 2.41. The molecule has 0 amide bonds. The highest BCUT2D eigenvalue weighted by molar-refractivity contribution is 6.22. The molecule has 0 spiro atoms. The Labute approximate surface area is 223 Å². The van der Waals surface area contributed by atoms with E-state index in [0.717, 1.165) is 12.1 Å². The monoisotopic (exact) mass is 602 g/mol. The van der Waals surface area contributed by atoms with Gasteiger partial charge in [0.2, 0.25) is 6.19 Å². The second-order valence-electron chi connectivity index (χ2n) is 8.94. The molecule has 0 saturated carbocycles.